The van der Waals surface area contributed by atoms with E-state index in [0.29, 0.717) is 0 Å². The molecule has 6 nitrogen and oxygen atoms in total. The van der Waals surface area contributed by atoms with Crippen LogP contribution in [0.3, 0.4) is 0 Å². The molecule has 0 fully saturated rings. The van der Waals surface area contributed by atoms with Crippen molar-refractivity contribution in [3.63, 3.8) is 0 Å². The highest BCUT2D eigenvalue weighted by atomic mass is 16.6. The summed E-state index contributed by atoms with van der Waals surface area (Å²) < 4.78 is 10.7. The van der Waals surface area contributed by atoms with E-state index in [1.807, 2.05) is 42.5 Å². The molecule has 0 amide bonds. The molecule has 1 aromatic heterocycles. The first kappa shape index (κ1) is 14.8. The molecule has 0 saturated heterocycles. The van der Waals surface area contributed by atoms with Crippen molar-refractivity contribution in [1.29, 1.82) is 0 Å². The van der Waals surface area contributed by atoms with Gasteiger partial charge in [-0.3, -0.25) is 0 Å². The lowest BCUT2D eigenvalue weighted by atomic mass is 10.1. The Morgan fingerprint density at radius 3 is 2.61 bits per heavy atom. The van der Waals surface area contributed by atoms with Gasteiger partial charge in [0.05, 0.1) is 0 Å². The number of hydrogen-bond acceptors (Lipinski definition) is 6. The van der Waals surface area contributed by atoms with Crippen molar-refractivity contribution in [2.75, 3.05) is 18.9 Å². The molecule has 6 heteroatoms. The highest BCUT2D eigenvalue weighted by Crippen LogP contribution is 2.20. The van der Waals surface area contributed by atoms with Crippen LogP contribution in [0.15, 0.2) is 54.9 Å². The highest BCUT2D eigenvalue weighted by Gasteiger charge is 2.13. The van der Waals surface area contributed by atoms with Crippen LogP contribution in [0.2, 0.25) is 0 Å². The number of nitrogen functional groups attached to an aromatic ring is 1. The number of rotatable bonds is 5. The second-order valence-electron chi connectivity index (χ2n) is 4.78. The molecule has 116 valence electrons. The Hall–Kier alpha value is -3.15. The first-order valence-corrected chi connectivity index (χ1v) is 7.09. The average molecular weight is 309 g/mol. The average Bonchev–Trinajstić information content (AvgIpc) is 2.59. The fourth-order valence-corrected chi connectivity index (χ4v) is 2.13. The Labute approximate surface area is 132 Å². The minimum atomic E-state index is -0.613. The fourth-order valence-electron chi connectivity index (χ4n) is 2.13. The van der Waals surface area contributed by atoms with E-state index in [2.05, 4.69) is 9.97 Å². The summed E-state index contributed by atoms with van der Waals surface area (Å²) >= 11 is 0. The van der Waals surface area contributed by atoms with Gasteiger partial charge in [-0.05, 0) is 22.9 Å². The molecule has 0 atom stereocenters. The molecule has 0 aliphatic rings. The van der Waals surface area contributed by atoms with Crippen LogP contribution >= 0.6 is 0 Å². The van der Waals surface area contributed by atoms with Gasteiger partial charge >= 0.3 is 5.97 Å². The van der Waals surface area contributed by atoms with E-state index in [1.54, 1.807) is 0 Å². The van der Waals surface area contributed by atoms with Crippen molar-refractivity contribution in [2.45, 2.75) is 0 Å². The number of nitrogens with two attached hydrogens (primary N) is 1. The minimum absolute atomic E-state index is 0.0122. The second kappa shape index (κ2) is 6.74. The number of carbonyl (C=O) groups excluding carboxylic acids is 1. The summed E-state index contributed by atoms with van der Waals surface area (Å²) in [5, 5.41) is 2.23. The molecule has 0 aliphatic carbocycles. The normalized spacial score (nSPS) is 10.4. The Morgan fingerprint density at radius 1 is 1.00 bits per heavy atom. The van der Waals surface area contributed by atoms with Crippen molar-refractivity contribution in [3.8, 4) is 5.75 Å². The molecule has 3 rings (SSSR count). The maximum Gasteiger partial charge on any atom is 0.360 e. The van der Waals surface area contributed by atoms with Gasteiger partial charge in [-0.15, -0.1) is 0 Å². The monoisotopic (exact) mass is 309 g/mol. The molecular weight excluding hydrogens is 294 g/mol. The largest absolute Gasteiger partial charge is 0.490 e. The first-order chi connectivity index (χ1) is 11.2. The third-order valence-electron chi connectivity index (χ3n) is 3.23. The van der Waals surface area contributed by atoms with Crippen LogP contribution in [0, 0.1) is 0 Å². The third-order valence-corrected chi connectivity index (χ3v) is 3.23. The van der Waals surface area contributed by atoms with Gasteiger partial charge in [-0.25, -0.2) is 14.8 Å². The zero-order valence-corrected chi connectivity index (χ0v) is 12.3. The lowest BCUT2D eigenvalue weighted by Gasteiger charge is -2.08. The summed E-state index contributed by atoms with van der Waals surface area (Å²) in [6, 6.07) is 13.8. The molecule has 0 spiro atoms. The van der Waals surface area contributed by atoms with Crippen LogP contribution in [-0.4, -0.2) is 29.2 Å². The number of anilines is 1. The molecule has 0 unspecified atom stereocenters. The lowest BCUT2D eigenvalue weighted by Crippen LogP contribution is -2.15. The van der Waals surface area contributed by atoms with Crippen molar-refractivity contribution < 1.29 is 14.3 Å². The number of carbonyl (C=O) groups is 1. The van der Waals surface area contributed by atoms with Gasteiger partial charge in [-0.1, -0.05) is 30.3 Å². The topological polar surface area (TPSA) is 87.3 Å². The molecule has 0 aliphatic heterocycles. The number of hydrogen-bond donors (Lipinski definition) is 1. The van der Waals surface area contributed by atoms with Crippen molar-refractivity contribution in [2.24, 2.45) is 0 Å². The van der Waals surface area contributed by atoms with E-state index < -0.39 is 5.97 Å². The van der Waals surface area contributed by atoms with Gasteiger partial charge in [0.1, 0.15) is 19.0 Å². The zero-order valence-electron chi connectivity index (χ0n) is 12.3. The van der Waals surface area contributed by atoms with Crippen LogP contribution < -0.4 is 10.5 Å². The fraction of sp³-hybridized carbons (Fsp3) is 0.118. The third kappa shape index (κ3) is 3.55. The van der Waals surface area contributed by atoms with E-state index in [0.717, 1.165) is 16.5 Å². The number of aromatic nitrogens is 2. The van der Waals surface area contributed by atoms with Crippen LogP contribution in [0.4, 0.5) is 5.82 Å². The summed E-state index contributed by atoms with van der Waals surface area (Å²) in [6.45, 7) is 0.339. The van der Waals surface area contributed by atoms with Crippen molar-refractivity contribution in [1.82, 2.24) is 9.97 Å². The van der Waals surface area contributed by atoms with E-state index in [9.17, 15) is 4.79 Å². The van der Waals surface area contributed by atoms with Gasteiger partial charge in [0, 0.05) is 12.4 Å². The molecule has 3 aromatic rings. The Morgan fingerprint density at radius 2 is 1.78 bits per heavy atom. The van der Waals surface area contributed by atoms with Gasteiger partial charge < -0.3 is 15.2 Å². The molecule has 0 saturated carbocycles. The number of fused-ring (bicyclic) bond motifs is 1. The Balaban J connectivity index is 1.53. The van der Waals surface area contributed by atoms with Gasteiger partial charge in [0.2, 0.25) is 0 Å². The SMILES string of the molecule is Nc1nccnc1C(=O)OCCOc1ccc2ccccc2c1. The predicted octanol–water partition coefficient (Wildman–Crippen LogP) is 2.45. The second-order valence-corrected chi connectivity index (χ2v) is 4.78. The number of esters is 1. The molecule has 2 aromatic carbocycles. The van der Waals surface area contributed by atoms with Crippen LogP contribution in [-0.2, 0) is 4.74 Å². The smallest absolute Gasteiger partial charge is 0.360 e. The van der Waals surface area contributed by atoms with Gasteiger partial charge in [-0.2, -0.15) is 0 Å². The molecule has 23 heavy (non-hydrogen) atoms. The van der Waals surface area contributed by atoms with Crippen molar-refractivity contribution >= 4 is 22.6 Å². The summed E-state index contributed by atoms with van der Waals surface area (Å²) in [7, 11) is 0. The predicted molar refractivity (Wildman–Crippen MR) is 86.2 cm³/mol. The van der Waals surface area contributed by atoms with Crippen LogP contribution in [0.5, 0.6) is 5.75 Å². The number of benzene rings is 2. The lowest BCUT2D eigenvalue weighted by molar-refractivity contribution is 0.0444. The molecule has 0 radical (unpaired) electrons. The summed E-state index contributed by atoms with van der Waals surface area (Å²) in [5.74, 6) is 0.157. The van der Waals surface area contributed by atoms with E-state index >= 15 is 0 Å². The van der Waals surface area contributed by atoms with Gasteiger partial charge in [0.15, 0.2) is 11.5 Å². The number of nitrogens with zero attached hydrogens (tertiary/aromatic N) is 2. The highest BCUT2D eigenvalue weighted by molar-refractivity contribution is 5.91. The van der Waals surface area contributed by atoms with E-state index in [4.69, 9.17) is 15.2 Å². The standard InChI is InChI=1S/C17H15N3O3/c18-16-15(19-7-8-20-16)17(21)23-10-9-22-14-6-5-12-3-1-2-4-13(12)11-14/h1-8,11H,9-10H2,(H2,18,20). The number of ether oxygens (including phenoxy) is 2. The molecular formula is C17H15N3O3. The molecule has 1 heterocycles. The quantitative estimate of drug-likeness (QED) is 0.575. The molecule has 2 N–H and O–H groups in total. The first-order valence-electron chi connectivity index (χ1n) is 7.09. The maximum absolute atomic E-state index is 11.8. The van der Waals surface area contributed by atoms with Crippen LogP contribution in [0.1, 0.15) is 10.5 Å². The van der Waals surface area contributed by atoms with E-state index in [-0.39, 0.29) is 24.7 Å². The summed E-state index contributed by atoms with van der Waals surface area (Å²) in [6.07, 6.45) is 2.80. The van der Waals surface area contributed by atoms with Crippen LogP contribution in [0.25, 0.3) is 10.8 Å². The van der Waals surface area contributed by atoms with E-state index in [1.165, 1.54) is 12.4 Å². The van der Waals surface area contributed by atoms with Crippen molar-refractivity contribution in [3.05, 3.63) is 60.6 Å². The zero-order chi connectivity index (χ0) is 16.1. The summed E-state index contributed by atoms with van der Waals surface area (Å²) in [4.78, 5) is 19.4. The van der Waals surface area contributed by atoms with Gasteiger partial charge in [0.25, 0.3) is 0 Å². The maximum atomic E-state index is 11.8. The molecule has 0 bridgehead atoms. The Kier molecular flexibility index (Phi) is 4.33. The minimum Gasteiger partial charge on any atom is -0.490 e. The summed E-state index contributed by atoms with van der Waals surface area (Å²) in [5.41, 5.74) is 5.58. The Bertz CT molecular complexity index is 836.